The van der Waals surface area contributed by atoms with Crippen LogP contribution in [0.1, 0.15) is 5.56 Å². The van der Waals surface area contributed by atoms with E-state index in [1.807, 2.05) is 25.1 Å². The van der Waals surface area contributed by atoms with Gasteiger partial charge in [-0.15, -0.1) is 0 Å². The number of hydrogen-bond acceptors (Lipinski definition) is 1. The quantitative estimate of drug-likeness (QED) is 0.703. The van der Waals surface area contributed by atoms with Crippen LogP contribution in [0.2, 0.25) is 5.02 Å². The highest BCUT2D eigenvalue weighted by Crippen LogP contribution is 2.24. The molecule has 0 bridgehead atoms. The van der Waals surface area contributed by atoms with E-state index in [0.717, 1.165) is 11.3 Å². The summed E-state index contributed by atoms with van der Waals surface area (Å²) in [7, 11) is 1.77. The van der Waals surface area contributed by atoms with Crippen molar-refractivity contribution in [2.45, 2.75) is 6.92 Å². The van der Waals surface area contributed by atoms with Gasteiger partial charge in [-0.1, -0.05) is 23.7 Å². The number of halogens is 1. The molecule has 0 saturated heterocycles. The van der Waals surface area contributed by atoms with Gasteiger partial charge >= 0.3 is 0 Å². The van der Waals surface area contributed by atoms with Crippen LogP contribution < -0.4 is 10.6 Å². The zero-order chi connectivity index (χ0) is 9.84. The normalized spacial score (nSPS) is 9.46. The van der Waals surface area contributed by atoms with Gasteiger partial charge in [-0.3, -0.25) is 0 Å². The minimum Gasteiger partial charge on any atom is -0.366 e. The molecule has 0 unspecified atom stereocenters. The standard InChI is InChI=1S/C9H11ClN2S/c1-6-4-3-5-7(10)8(6)12-9(13)11-2/h3-5H,1-2H3,(H2,11,12,13). The van der Waals surface area contributed by atoms with Crippen molar-refractivity contribution < 1.29 is 0 Å². The summed E-state index contributed by atoms with van der Waals surface area (Å²) in [5.41, 5.74) is 1.94. The molecule has 1 aromatic rings. The number of rotatable bonds is 1. The van der Waals surface area contributed by atoms with Crippen LogP contribution >= 0.6 is 23.8 Å². The molecule has 0 aliphatic heterocycles. The van der Waals surface area contributed by atoms with Gasteiger partial charge in [0.1, 0.15) is 0 Å². The summed E-state index contributed by atoms with van der Waals surface area (Å²) in [4.78, 5) is 0. The van der Waals surface area contributed by atoms with E-state index in [1.165, 1.54) is 0 Å². The predicted octanol–water partition coefficient (Wildman–Crippen LogP) is 2.56. The van der Waals surface area contributed by atoms with Crippen molar-refractivity contribution in [3.05, 3.63) is 28.8 Å². The second-order valence-corrected chi connectivity index (χ2v) is 3.45. The summed E-state index contributed by atoms with van der Waals surface area (Å²) in [6.45, 7) is 1.98. The first-order valence-corrected chi connectivity index (χ1v) is 4.67. The zero-order valence-electron chi connectivity index (χ0n) is 7.52. The van der Waals surface area contributed by atoms with Crippen molar-refractivity contribution in [3.8, 4) is 0 Å². The number of anilines is 1. The summed E-state index contributed by atoms with van der Waals surface area (Å²) in [5, 5.41) is 7.09. The largest absolute Gasteiger partial charge is 0.366 e. The maximum atomic E-state index is 5.98. The molecule has 0 aliphatic carbocycles. The molecule has 1 rings (SSSR count). The maximum Gasteiger partial charge on any atom is 0.170 e. The van der Waals surface area contributed by atoms with Gasteiger partial charge in [-0.25, -0.2) is 0 Å². The Morgan fingerprint density at radius 1 is 1.46 bits per heavy atom. The molecular weight excluding hydrogens is 204 g/mol. The Hall–Kier alpha value is -0.800. The van der Waals surface area contributed by atoms with E-state index < -0.39 is 0 Å². The highest BCUT2D eigenvalue weighted by molar-refractivity contribution is 7.80. The van der Waals surface area contributed by atoms with Crippen molar-refractivity contribution in [2.75, 3.05) is 12.4 Å². The minimum atomic E-state index is 0.566. The van der Waals surface area contributed by atoms with E-state index in [4.69, 9.17) is 23.8 Å². The number of nitrogens with one attached hydrogen (secondary N) is 2. The molecule has 0 heterocycles. The van der Waals surface area contributed by atoms with E-state index in [9.17, 15) is 0 Å². The lowest BCUT2D eigenvalue weighted by atomic mass is 10.2. The van der Waals surface area contributed by atoms with Gasteiger partial charge < -0.3 is 10.6 Å². The van der Waals surface area contributed by atoms with Crippen LogP contribution in [-0.2, 0) is 0 Å². The van der Waals surface area contributed by atoms with Crippen LogP contribution in [0.3, 0.4) is 0 Å². The predicted molar refractivity (Wildman–Crippen MR) is 61.5 cm³/mol. The summed E-state index contributed by atoms with van der Waals surface area (Å²) < 4.78 is 0. The fourth-order valence-electron chi connectivity index (χ4n) is 0.966. The third-order valence-corrected chi connectivity index (χ3v) is 2.31. The van der Waals surface area contributed by atoms with Crippen LogP contribution in [0.5, 0.6) is 0 Å². The van der Waals surface area contributed by atoms with E-state index in [1.54, 1.807) is 7.05 Å². The molecule has 0 aromatic heterocycles. The van der Waals surface area contributed by atoms with Crippen molar-refractivity contribution in [1.29, 1.82) is 0 Å². The van der Waals surface area contributed by atoms with Gasteiger partial charge in [0.25, 0.3) is 0 Å². The Kier molecular flexibility index (Phi) is 3.51. The van der Waals surface area contributed by atoms with Crippen LogP contribution in [0, 0.1) is 6.92 Å². The highest BCUT2D eigenvalue weighted by atomic mass is 35.5. The first kappa shape index (κ1) is 10.3. The Morgan fingerprint density at radius 3 is 2.69 bits per heavy atom. The number of aryl methyl sites for hydroxylation is 1. The average molecular weight is 215 g/mol. The summed E-state index contributed by atoms with van der Waals surface area (Å²) >= 11 is 11.0. The van der Waals surface area contributed by atoms with Crippen molar-refractivity contribution in [3.63, 3.8) is 0 Å². The number of thiocarbonyl (C=S) groups is 1. The third kappa shape index (κ3) is 2.57. The van der Waals surface area contributed by atoms with Crippen molar-refractivity contribution in [2.24, 2.45) is 0 Å². The number of hydrogen-bond donors (Lipinski definition) is 2. The minimum absolute atomic E-state index is 0.566. The monoisotopic (exact) mass is 214 g/mol. The Balaban J connectivity index is 2.93. The molecule has 0 saturated carbocycles. The molecule has 0 radical (unpaired) electrons. The Labute approximate surface area is 88.3 Å². The van der Waals surface area contributed by atoms with E-state index in [-0.39, 0.29) is 0 Å². The molecule has 70 valence electrons. The van der Waals surface area contributed by atoms with Crippen molar-refractivity contribution in [1.82, 2.24) is 5.32 Å². The first-order chi connectivity index (χ1) is 6.15. The summed E-state index contributed by atoms with van der Waals surface area (Å²) in [5.74, 6) is 0. The van der Waals surface area contributed by atoms with Crippen LogP contribution in [0.4, 0.5) is 5.69 Å². The van der Waals surface area contributed by atoms with Gasteiger partial charge in [0.15, 0.2) is 5.11 Å². The highest BCUT2D eigenvalue weighted by Gasteiger charge is 2.03. The average Bonchev–Trinajstić information content (AvgIpc) is 2.11. The SMILES string of the molecule is CNC(=S)Nc1c(C)cccc1Cl. The lowest BCUT2D eigenvalue weighted by Gasteiger charge is -2.11. The van der Waals surface area contributed by atoms with E-state index >= 15 is 0 Å². The second kappa shape index (κ2) is 4.44. The smallest absolute Gasteiger partial charge is 0.170 e. The van der Waals surface area contributed by atoms with Gasteiger partial charge in [0.2, 0.25) is 0 Å². The summed E-state index contributed by atoms with van der Waals surface area (Å²) in [6.07, 6.45) is 0. The fraction of sp³-hybridized carbons (Fsp3) is 0.222. The Morgan fingerprint density at radius 2 is 2.15 bits per heavy atom. The molecular formula is C9H11ClN2S. The van der Waals surface area contributed by atoms with Crippen LogP contribution in [0.25, 0.3) is 0 Å². The number of para-hydroxylation sites is 1. The molecule has 0 fully saturated rings. The fourth-order valence-corrected chi connectivity index (χ4v) is 1.34. The molecule has 13 heavy (non-hydrogen) atoms. The lowest BCUT2D eigenvalue weighted by molar-refractivity contribution is 1.19. The summed E-state index contributed by atoms with van der Waals surface area (Å²) in [6, 6.07) is 5.72. The molecule has 0 aliphatic rings. The van der Waals surface area contributed by atoms with Gasteiger partial charge in [0, 0.05) is 7.05 Å². The molecule has 4 heteroatoms. The topological polar surface area (TPSA) is 24.1 Å². The lowest BCUT2D eigenvalue weighted by Crippen LogP contribution is -2.24. The Bertz CT molecular complexity index is 305. The molecule has 0 amide bonds. The molecule has 0 atom stereocenters. The van der Waals surface area contributed by atoms with Crippen LogP contribution in [-0.4, -0.2) is 12.2 Å². The van der Waals surface area contributed by atoms with Gasteiger partial charge in [-0.05, 0) is 30.8 Å². The molecule has 0 spiro atoms. The second-order valence-electron chi connectivity index (χ2n) is 2.64. The zero-order valence-corrected chi connectivity index (χ0v) is 9.09. The third-order valence-electron chi connectivity index (χ3n) is 1.69. The molecule has 1 aromatic carbocycles. The van der Waals surface area contributed by atoms with Crippen LogP contribution in [0.15, 0.2) is 18.2 Å². The molecule has 2 N–H and O–H groups in total. The first-order valence-electron chi connectivity index (χ1n) is 3.89. The maximum absolute atomic E-state index is 5.98. The van der Waals surface area contributed by atoms with Crippen molar-refractivity contribution >= 4 is 34.6 Å². The molecule has 2 nitrogen and oxygen atoms in total. The van der Waals surface area contributed by atoms with E-state index in [0.29, 0.717) is 10.1 Å². The van der Waals surface area contributed by atoms with E-state index in [2.05, 4.69) is 10.6 Å². The number of benzene rings is 1. The van der Waals surface area contributed by atoms with Gasteiger partial charge in [-0.2, -0.15) is 0 Å². The van der Waals surface area contributed by atoms with Gasteiger partial charge in [0.05, 0.1) is 10.7 Å².